The van der Waals surface area contributed by atoms with Crippen molar-refractivity contribution >= 4 is 40.3 Å². The van der Waals surface area contributed by atoms with Crippen LogP contribution in [-0.4, -0.2) is 34.0 Å². The molecule has 0 bridgehead atoms. The van der Waals surface area contributed by atoms with Crippen molar-refractivity contribution in [3.8, 4) is 17.2 Å². The summed E-state index contributed by atoms with van der Waals surface area (Å²) >= 11 is 6.65. The molecule has 6 nitrogen and oxygen atoms in total. The number of carbonyl (C=O) groups excluding carboxylic acids is 1. The lowest BCUT2D eigenvalue weighted by Crippen LogP contribution is -2.27. The summed E-state index contributed by atoms with van der Waals surface area (Å²) in [4.78, 5) is 19.0. The highest BCUT2D eigenvalue weighted by Gasteiger charge is 2.32. The van der Waals surface area contributed by atoms with Crippen molar-refractivity contribution in [1.82, 2.24) is 9.88 Å². The fourth-order valence-corrected chi connectivity index (χ4v) is 3.93. The quantitative estimate of drug-likeness (QED) is 0.591. The SMILES string of the molecule is COc1cc2c(cc1/C=C1/SC(=S)N(Cc3cccnc3)C1=O)OCO2. The van der Waals surface area contributed by atoms with Crippen LogP contribution < -0.4 is 14.2 Å². The van der Waals surface area contributed by atoms with Crippen molar-refractivity contribution in [3.05, 3.63) is 52.7 Å². The minimum Gasteiger partial charge on any atom is -0.496 e. The number of hydrogen-bond donors (Lipinski definition) is 0. The number of benzene rings is 1. The summed E-state index contributed by atoms with van der Waals surface area (Å²) < 4.78 is 16.7. The van der Waals surface area contributed by atoms with E-state index in [0.29, 0.717) is 33.0 Å². The van der Waals surface area contributed by atoms with Crippen molar-refractivity contribution in [2.24, 2.45) is 0 Å². The van der Waals surface area contributed by atoms with Crippen LogP contribution in [0.15, 0.2) is 41.6 Å². The van der Waals surface area contributed by atoms with E-state index in [0.717, 1.165) is 11.1 Å². The first-order valence-corrected chi connectivity index (χ1v) is 9.00. The molecule has 0 radical (unpaired) electrons. The number of thioether (sulfide) groups is 1. The molecular weight excluding hydrogens is 372 g/mol. The van der Waals surface area contributed by atoms with Crippen LogP contribution >= 0.6 is 24.0 Å². The van der Waals surface area contributed by atoms with Crippen LogP contribution in [0.4, 0.5) is 0 Å². The van der Waals surface area contributed by atoms with Gasteiger partial charge in [0.1, 0.15) is 10.1 Å². The van der Waals surface area contributed by atoms with Crippen molar-refractivity contribution < 1.29 is 19.0 Å². The molecule has 2 aromatic rings. The molecule has 2 aliphatic heterocycles. The van der Waals surface area contributed by atoms with Gasteiger partial charge in [0.25, 0.3) is 5.91 Å². The molecule has 26 heavy (non-hydrogen) atoms. The fourth-order valence-electron chi connectivity index (χ4n) is 2.68. The van der Waals surface area contributed by atoms with Gasteiger partial charge in [-0.05, 0) is 23.8 Å². The van der Waals surface area contributed by atoms with E-state index in [1.807, 2.05) is 12.1 Å². The Hall–Kier alpha value is -2.58. The monoisotopic (exact) mass is 386 g/mol. The Labute approximate surface area is 159 Å². The van der Waals surface area contributed by atoms with Gasteiger partial charge in [-0.15, -0.1) is 0 Å². The summed E-state index contributed by atoms with van der Waals surface area (Å²) in [5, 5.41) is 0. The summed E-state index contributed by atoms with van der Waals surface area (Å²) in [5.41, 5.74) is 1.66. The van der Waals surface area contributed by atoms with E-state index in [-0.39, 0.29) is 12.7 Å². The molecule has 0 saturated carbocycles. The normalized spacial score (nSPS) is 17.3. The molecule has 1 saturated heterocycles. The third-order valence-electron chi connectivity index (χ3n) is 3.95. The Morgan fingerprint density at radius 2 is 2.19 bits per heavy atom. The average molecular weight is 386 g/mol. The molecular formula is C18H14N2O4S2. The molecule has 1 fully saturated rings. The summed E-state index contributed by atoms with van der Waals surface area (Å²) in [7, 11) is 1.57. The van der Waals surface area contributed by atoms with Gasteiger partial charge in [-0.2, -0.15) is 0 Å². The molecule has 1 aromatic carbocycles. The zero-order valence-corrected chi connectivity index (χ0v) is 15.4. The van der Waals surface area contributed by atoms with E-state index in [9.17, 15) is 4.79 Å². The second-order valence-corrected chi connectivity index (χ2v) is 7.25. The predicted molar refractivity (Wildman–Crippen MR) is 102 cm³/mol. The Balaban J connectivity index is 1.62. The number of fused-ring (bicyclic) bond motifs is 1. The van der Waals surface area contributed by atoms with Gasteiger partial charge in [0, 0.05) is 24.0 Å². The van der Waals surface area contributed by atoms with Crippen molar-refractivity contribution in [1.29, 1.82) is 0 Å². The van der Waals surface area contributed by atoms with Gasteiger partial charge >= 0.3 is 0 Å². The smallest absolute Gasteiger partial charge is 0.266 e. The number of thiocarbonyl (C=S) groups is 1. The summed E-state index contributed by atoms with van der Waals surface area (Å²) in [6, 6.07) is 7.30. The molecule has 8 heteroatoms. The standard InChI is InChI=1S/C18H14N2O4S2/c1-22-13-7-15-14(23-10-24-15)5-12(13)6-16-17(21)20(18(25)26-16)9-11-3-2-4-19-8-11/h2-8H,9-10H2,1H3/b16-6+. The van der Waals surface area contributed by atoms with Crippen LogP contribution in [0.5, 0.6) is 17.2 Å². The highest BCUT2D eigenvalue weighted by atomic mass is 32.2. The molecule has 3 heterocycles. The molecule has 0 aliphatic carbocycles. The van der Waals surface area contributed by atoms with Crippen molar-refractivity contribution in [3.63, 3.8) is 0 Å². The fraction of sp³-hybridized carbons (Fsp3) is 0.167. The second-order valence-electron chi connectivity index (χ2n) is 5.58. The number of nitrogens with zero attached hydrogens (tertiary/aromatic N) is 2. The number of methoxy groups -OCH3 is 1. The Kier molecular flexibility index (Phi) is 4.52. The Morgan fingerprint density at radius 1 is 1.38 bits per heavy atom. The lowest BCUT2D eigenvalue weighted by Gasteiger charge is -2.14. The second kappa shape index (κ2) is 6.97. The average Bonchev–Trinajstić information content (AvgIpc) is 3.21. The van der Waals surface area contributed by atoms with Gasteiger partial charge in [0.15, 0.2) is 11.5 Å². The number of amides is 1. The van der Waals surface area contributed by atoms with Gasteiger partial charge < -0.3 is 14.2 Å². The Morgan fingerprint density at radius 3 is 2.92 bits per heavy atom. The van der Waals surface area contributed by atoms with E-state index in [1.165, 1.54) is 11.8 Å². The topological polar surface area (TPSA) is 60.9 Å². The molecule has 4 rings (SSSR count). The van der Waals surface area contributed by atoms with Crippen molar-refractivity contribution in [2.75, 3.05) is 13.9 Å². The maximum absolute atomic E-state index is 12.8. The third-order valence-corrected chi connectivity index (χ3v) is 5.33. The summed E-state index contributed by atoms with van der Waals surface area (Å²) in [6.07, 6.45) is 5.19. The van der Waals surface area contributed by atoms with Crippen LogP contribution in [0.1, 0.15) is 11.1 Å². The van der Waals surface area contributed by atoms with E-state index in [4.69, 9.17) is 26.4 Å². The first-order chi connectivity index (χ1) is 12.7. The molecule has 132 valence electrons. The number of carbonyl (C=O) groups is 1. The predicted octanol–water partition coefficient (Wildman–Crippen LogP) is 3.22. The molecule has 2 aliphatic rings. The summed E-state index contributed by atoms with van der Waals surface area (Å²) in [5.74, 6) is 1.72. The highest BCUT2D eigenvalue weighted by molar-refractivity contribution is 8.26. The number of pyridine rings is 1. The van der Waals surface area contributed by atoms with E-state index >= 15 is 0 Å². The van der Waals surface area contributed by atoms with Gasteiger partial charge in [-0.1, -0.05) is 30.0 Å². The number of hydrogen-bond acceptors (Lipinski definition) is 7. The van der Waals surface area contributed by atoms with Gasteiger partial charge in [0.05, 0.1) is 18.6 Å². The number of rotatable bonds is 4. The number of aromatic nitrogens is 1. The zero-order valence-electron chi connectivity index (χ0n) is 13.8. The van der Waals surface area contributed by atoms with Crippen LogP contribution in [0.3, 0.4) is 0 Å². The van der Waals surface area contributed by atoms with Crippen molar-refractivity contribution in [2.45, 2.75) is 6.54 Å². The van der Waals surface area contributed by atoms with Crippen LogP contribution in [0, 0.1) is 0 Å². The maximum Gasteiger partial charge on any atom is 0.266 e. The van der Waals surface area contributed by atoms with E-state index in [1.54, 1.807) is 42.6 Å². The number of ether oxygens (including phenoxy) is 3. The first kappa shape index (κ1) is 16.9. The van der Waals surface area contributed by atoms with Gasteiger partial charge in [0.2, 0.25) is 6.79 Å². The maximum atomic E-state index is 12.8. The van der Waals surface area contributed by atoms with Crippen LogP contribution in [0.25, 0.3) is 6.08 Å². The minimum absolute atomic E-state index is 0.136. The molecule has 0 atom stereocenters. The summed E-state index contributed by atoms with van der Waals surface area (Å²) in [6.45, 7) is 0.573. The van der Waals surface area contributed by atoms with Crippen LogP contribution in [0.2, 0.25) is 0 Å². The third kappa shape index (κ3) is 3.13. The van der Waals surface area contributed by atoms with E-state index in [2.05, 4.69) is 4.98 Å². The van der Waals surface area contributed by atoms with Crippen LogP contribution in [-0.2, 0) is 11.3 Å². The van der Waals surface area contributed by atoms with Gasteiger partial charge in [-0.25, -0.2) is 0 Å². The first-order valence-electron chi connectivity index (χ1n) is 7.77. The molecule has 0 N–H and O–H groups in total. The molecule has 0 spiro atoms. The minimum atomic E-state index is -0.136. The molecule has 1 aromatic heterocycles. The highest BCUT2D eigenvalue weighted by Crippen LogP contribution is 2.41. The molecule has 0 unspecified atom stereocenters. The Bertz CT molecular complexity index is 915. The lowest BCUT2D eigenvalue weighted by atomic mass is 10.1. The lowest BCUT2D eigenvalue weighted by molar-refractivity contribution is -0.122. The molecule has 1 amide bonds. The largest absolute Gasteiger partial charge is 0.496 e. The zero-order chi connectivity index (χ0) is 18.1. The van der Waals surface area contributed by atoms with E-state index < -0.39 is 0 Å². The van der Waals surface area contributed by atoms with Gasteiger partial charge in [-0.3, -0.25) is 14.7 Å².